The number of ether oxygens (including phenoxy) is 1. The van der Waals surface area contributed by atoms with Crippen LogP contribution in [0.15, 0.2) is 24.3 Å². The Balaban J connectivity index is 1.56. The third-order valence-electron chi connectivity index (χ3n) is 4.51. The molecule has 1 aromatic rings. The van der Waals surface area contributed by atoms with E-state index >= 15 is 0 Å². The standard InChI is InChI=1S/C17H26N2O/c1-20-17-9-5-14(6-10-17)13-19-11-3-2-4-16(19)12-18-15-7-8-15/h5-6,9-10,15-16,18H,2-4,7-8,11-13H2,1H3. The fourth-order valence-electron chi connectivity index (χ4n) is 3.05. The Bertz CT molecular complexity index is 414. The van der Waals surface area contributed by atoms with Crippen LogP contribution in [0, 0.1) is 0 Å². The van der Waals surface area contributed by atoms with Gasteiger partial charge in [-0.1, -0.05) is 18.6 Å². The summed E-state index contributed by atoms with van der Waals surface area (Å²) in [5.74, 6) is 0.944. The van der Waals surface area contributed by atoms with E-state index in [0.29, 0.717) is 6.04 Å². The van der Waals surface area contributed by atoms with Crippen molar-refractivity contribution < 1.29 is 4.74 Å². The van der Waals surface area contributed by atoms with Crippen LogP contribution in [0.25, 0.3) is 0 Å². The molecule has 0 radical (unpaired) electrons. The molecule has 3 nitrogen and oxygen atoms in total. The molecule has 1 N–H and O–H groups in total. The Morgan fingerprint density at radius 2 is 1.95 bits per heavy atom. The lowest BCUT2D eigenvalue weighted by atomic mass is 10.0. The number of nitrogens with one attached hydrogen (secondary N) is 1. The minimum Gasteiger partial charge on any atom is -0.497 e. The molecule has 1 saturated carbocycles. The fourth-order valence-corrected chi connectivity index (χ4v) is 3.05. The van der Waals surface area contributed by atoms with Crippen LogP contribution < -0.4 is 10.1 Å². The predicted octanol–water partition coefficient (Wildman–Crippen LogP) is 2.80. The maximum absolute atomic E-state index is 5.23. The highest BCUT2D eigenvalue weighted by atomic mass is 16.5. The fraction of sp³-hybridized carbons (Fsp3) is 0.647. The maximum atomic E-state index is 5.23. The highest BCUT2D eigenvalue weighted by Crippen LogP contribution is 2.23. The zero-order valence-corrected chi connectivity index (χ0v) is 12.5. The molecule has 1 aliphatic heterocycles. The van der Waals surface area contributed by atoms with E-state index in [-0.39, 0.29) is 0 Å². The van der Waals surface area contributed by atoms with E-state index in [1.165, 1.54) is 50.8 Å². The number of benzene rings is 1. The van der Waals surface area contributed by atoms with Gasteiger partial charge in [0.05, 0.1) is 7.11 Å². The summed E-state index contributed by atoms with van der Waals surface area (Å²) in [6.07, 6.45) is 6.83. The van der Waals surface area contributed by atoms with Gasteiger partial charge in [0.2, 0.25) is 0 Å². The smallest absolute Gasteiger partial charge is 0.118 e. The average Bonchev–Trinajstić information content (AvgIpc) is 3.31. The number of hydrogen-bond acceptors (Lipinski definition) is 3. The second-order valence-electron chi connectivity index (χ2n) is 6.15. The van der Waals surface area contributed by atoms with Crippen LogP contribution in [0.5, 0.6) is 5.75 Å². The van der Waals surface area contributed by atoms with Crippen LogP contribution in [0.4, 0.5) is 0 Å². The van der Waals surface area contributed by atoms with Gasteiger partial charge in [0.15, 0.2) is 0 Å². The summed E-state index contributed by atoms with van der Waals surface area (Å²) in [4.78, 5) is 2.65. The minimum absolute atomic E-state index is 0.714. The molecule has 1 saturated heterocycles. The molecule has 2 aliphatic rings. The van der Waals surface area contributed by atoms with Crippen molar-refractivity contribution in [3.8, 4) is 5.75 Å². The third-order valence-corrected chi connectivity index (χ3v) is 4.51. The van der Waals surface area contributed by atoms with Crippen molar-refractivity contribution in [3.63, 3.8) is 0 Å². The molecule has 20 heavy (non-hydrogen) atoms. The molecule has 1 atom stereocenters. The van der Waals surface area contributed by atoms with Gasteiger partial charge in [-0.3, -0.25) is 4.90 Å². The molecule has 0 spiro atoms. The Labute approximate surface area is 122 Å². The minimum atomic E-state index is 0.714. The molecular formula is C17H26N2O. The molecule has 1 aromatic carbocycles. The van der Waals surface area contributed by atoms with Gasteiger partial charge < -0.3 is 10.1 Å². The zero-order valence-electron chi connectivity index (χ0n) is 12.5. The van der Waals surface area contributed by atoms with Gasteiger partial charge in [0, 0.05) is 25.2 Å². The Hall–Kier alpha value is -1.06. The summed E-state index contributed by atoms with van der Waals surface area (Å²) < 4.78 is 5.23. The largest absolute Gasteiger partial charge is 0.497 e. The number of piperidine rings is 1. The highest BCUT2D eigenvalue weighted by Gasteiger charge is 2.26. The summed E-state index contributed by atoms with van der Waals surface area (Å²) in [5.41, 5.74) is 1.39. The van der Waals surface area contributed by atoms with Crippen molar-refractivity contribution >= 4 is 0 Å². The van der Waals surface area contributed by atoms with Crippen molar-refractivity contribution in [3.05, 3.63) is 29.8 Å². The second-order valence-corrected chi connectivity index (χ2v) is 6.15. The first kappa shape index (κ1) is 13.9. The lowest BCUT2D eigenvalue weighted by molar-refractivity contribution is 0.137. The van der Waals surface area contributed by atoms with E-state index in [4.69, 9.17) is 4.74 Å². The summed E-state index contributed by atoms with van der Waals surface area (Å²) in [5, 5.41) is 3.70. The number of likely N-dealkylation sites (tertiary alicyclic amines) is 1. The highest BCUT2D eigenvalue weighted by molar-refractivity contribution is 5.27. The topological polar surface area (TPSA) is 24.5 Å². The van der Waals surface area contributed by atoms with Crippen LogP contribution in [0.3, 0.4) is 0 Å². The zero-order chi connectivity index (χ0) is 13.8. The third kappa shape index (κ3) is 3.74. The van der Waals surface area contributed by atoms with E-state index in [0.717, 1.165) is 18.3 Å². The van der Waals surface area contributed by atoms with E-state index in [1.807, 2.05) is 0 Å². The van der Waals surface area contributed by atoms with Gasteiger partial charge in [0.25, 0.3) is 0 Å². The van der Waals surface area contributed by atoms with E-state index < -0.39 is 0 Å². The molecule has 1 aliphatic carbocycles. The van der Waals surface area contributed by atoms with Crippen LogP contribution in [0.1, 0.15) is 37.7 Å². The lowest BCUT2D eigenvalue weighted by Gasteiger charge is -2.36. The van der Waals surface area contributed by atoms with E-state index in [9.17, 15) is 0 Å². The van der Waals surface area contributed by atoms with Gasteiger partial charge in [-0.15, -0.1) is 0 Å². The molecule has 0 amide bonds. The molecule has 3 heteroatoms. The SMILES string of the molecule is COc1ccc(CN2CCCCC2CNC2CC2)cc1. The van der Waals surface area contributed by atoms with Crippen molar-refractivity contribution in [1.29, 1.82) is 0 Å². The summed E-state index contributed by atoms with van der Waals surface area (Å²) in [6, 6.07) is 10.1. The number of rotatable bonds is 6. The molecule has 3 rings (SSSR count). The lowest BCUT2D eigenvalue weighted by Crippen LogP contribution is -2.45. The summed E-state index contributed by atoms with van der Waals surface area (Å²) in [7, 11) is 1.72. The van der Waals surface area contributed by atoms with E-state index in [1.54, 1.807) is 7.11 Å². The average molecular weight is 274 g/mol. The van der Waals surface area contributed by atoms with Crippen LogP contribution in [0.2, 0.25) is 0 Å². The normalized spacial score (nSPS) is 23.8. The monoisotopic (exact) mass is 274 g/mol. The Morgan fingerprint density at radius 3 is 2.65 bits per heavy atom. The molecule has 0 bridgehead atoms. The Kier molecular flexibility index (Phi) is 4.58. The maximum Gasteiger partial charge on any atom is 0.118 e. The van der Waals surface area contributed by atoms with Crippen LogP contribution in [-0.2, 0) is 6.54 Å². The van der Waals surface area contributed by atoms with E-state index in [2.05, 4.69) is 34.5 Å². The van der Waals surface area contributed by atoms with Crippen molar-refractivity contribution in [2.45, 2.75) is 50.7 Å². The summed E-state index contributed by atoms with van der Waals surface area (Å²) >= 11 is 0. The van der Waals surface area contributed by atoms with Gasteiger partial charge in [-0.25, -0.2) is 0 Å². The molecule has 1 unspecified atom stereocenters. The van der Waals surface area contributed by atoms with Gasteiger partial charge in [-0.2, -0.15) is 0 Å². The van der Waals surface area contributed by atoms with Crippen LogP contribution in [-0.4, -0.2) is 37.2 Å². The van der Waals surface area contributed by atoms with Gasteiger partial charge in [0.1, 0.15) is 5.75 Å². The van der Waals surface area contributed by atoms with Crippen LogP contribution >= 0.6 is 0 Å². The number of methoxy groups -OCH3 is 1. The second kappa shape index (κ2) is 6.59. The van der Waals surface area contributed by atoms with Gasteiger partial charge >= 0.3 is 0 Å². The van der Waals surface area contributed by atoms with Crippen molar-refractivity contribution in [2.75, 3.05) is 20.2 Å². The molecule has 2 fully saturated rings. The number of hydrogen-bond donors (Lipinski definition) is 1. The molecule has 1 heterocycles. The van der Waals surface area contributed by atoms with Crippen molar-refractivity contribution in [1.82, 2.24) is 10.2 Å². The van der Waals surface area contributed by atoms with Crippen molar-refractivity contribution in [2.24, 2.45) is 0 Å². The predicted molar refractivity (Wildman–Crippen MR) is 82.1 cm³/mol. The number of nitrogens with zero attached hydrogens (tertiary/aromatic N) is 1. The Morgan fingerprint density at radius 1 is 1.15 bits per heavy atom. The first-order valence-electron chi connectivity index (χ1n) is 7.95. The first-order chi connectivity index (χ1) is 9.85. The molecule has 0 aromatic heterocycles. The molecular weight excluding hydrogens is 248 g/mol. The summed E-state index contributed by atoms with van der Waals surface area (Å²) in [6.45, 7) is 3.48. The molecule has 110 valence electrons. The quantitative estimate of drug-likeness (QED) is 0.863. The first-order valence-corrected chi connectivity index (χ1v) is 7.95. The van der Waals surface area contributed by atoms with Gasteiger partial charge in [-0.05, 0) is 49.9 Å².